The third-order valence-electron chi connectivity index (χ3n) is 7.27. The molecule has 43 heavy (non-hydrogen) atoms. The van der Waals surface area contributed by atoms with Crippen LogP contribution in [0.4, 0.5) is 5.69 Å². The van der Waals surface area contributed by atoms with E-state index in [0.717, 1.165) is 5.56 Å². The molecule has 234 valence electrons. The molecular weight excluding hydrogens is 641 g/mol. The molecule has 1 amide bonds. The quantitative estimate of drug-likeness (QED) is 0.136. The molecule has 16 heteroatoms. The van der Waals surface area contributed by atoms with Crippen LogP contribution in [0.1, 0.15) is 37.3 Å². The number of halogens is 2. The monoisotopic (exact) mass is 673 g/mol. The fourth-order valence-corrected chi connectivity index (χ4v) is 7.64. The first-order chi connectivity index (χ1) is 20.4. The number of anilines is 1. The maximum Gasteiger partial charge on any atom is 0.326 e. The predicted octanol–water partition coefficient (Wildman–Crippen LogP) is 2.85. The van der Waals surface area contributed by atoms with Crippen molar-refractivity contribution >= 4 is 68.7 Å². The summed E-state index contributed by atoms with van der Waals surface area (Å²) in [7, 11) is -3.93. The molecule has 1 fully saturated rings. The molecule has 1 saturated heterocycles. The number of carboxylic acid groups (broad SMARTS) is 2. The van der Waals surface area contributed by atoms with E-state index in [1.165, 1.54) is 29.8 Å². The van der Waals surface area contributed by atoms with Gasteiger partial charge in [0.25, 0.3) is 0 Å². The van der Waals surface area contributed by atoms with Crippen molar-refractivity contribution in [2.75, 3.05) is 17.7 Å². The Kier molecular flexibility index (Phi) is 11.2. The third kappa shape index (κ3) is 8.32. The molecule has 0 radical (unpaired) electrons. The number of hydrogen-bond acceptors (Lipinski definition) is 9. The number of alkyl halides is 1. The highest BCUT2D eigenvalue weighted by Crippen LogP contribution is 2.36. The molecule has 0 saturated carbocycles. The number of amides is 1. The highest BCUT2D eigenvalue weighted by Gasteiger charge is 2.36. The Balaban J connectivity index is 1.31. The normalized spacial score (nSPS) is 19.7. The van der Waals surface area contributed by atoms with Gasteiger partial charge in [0, 0.05) is 18.0 Å². The van der Waals surface area contributed by atoms with E-state index in [1.807, 2.05) is 0 Å². The molecule has 2 aliphatic rings. The summed E-state index contributed by atoms with van der Waals surface area (Å²) in [5.41, 5.74) is 2.21. The second-order valence-corrected chi connectivity index (χ2v) is 13.7. The summed E-state index contributed by atoms with van der Waals surface area (Å²) in [6.45, 7) is 1.87. The molecule has 4 atom stereocenters. The number of likely N-dealkylation sites (tertiary alicyclic amines) is 1. The van der Waals surface area contributed by atoms with Crippen molar-refractivity contribution in [3.63, 3.8) is 0 Å². The van der Waals surface area contributed by atoms with E-state index in [-0.39, 0.29) is 29.0 Å². The molecule has 0 spiro atoms. The van der Waals surface area contributed by atoms with Crippen LogP contribution in [0.3, 0.4) is 0 Å². The largest absolute Gasteiger partial charge is 0.480 e. The topological polar surface area (TPSA) is 177 Å². The number of nitrogens with zero attached hydrogens (tertiary/aromatic N) is 1. The van der Waals surface area contributed by atoms with Gasteiger partial charge in [-0.2, -0.15) is 0 Å². The number of hydrogen-bond donors (Lipinski definition) is 6. The van der Waals surface area contributed by atoms with Crippen molar-refractivity contribution in [2.45, 2.75) is 73.2 Å². The minimum atomic E-state index is -3.93. The van der Waals surface area contributed by atoms with Gasteiger partial charge in [0.05, 0.1) is 22.6 Å². The number of fused-ring (bicyclic) bond motifs is 1. The van der Waals surface area contributed by atoms with Crippen LogP contribution < -0.4 is 20.1 Å². The van der Waals surface area contributed by atoms with Crippen molar-refractivity contribution in [2.24, 2.45) is 0 Å². The molecule has 2 heterocycles. The van der Waals surface area contributed by atoms with Crippen LogP contribution in [-0.4, -0.2) is 78.1 Å². The molecular formula is C27H33Cl2N5O7S2. The molecule has 0 aromatic heterocycles. The second kappa shape index (κ2) is 14.5. The second-order valence-electron chi connectivity index (χ2n) is 10.3. The molecule has 2 aliphatic heterocycles. The Hall–Kier alpha value is -2.59. The van der Waals surface area contributed by atoms with Gasteiger partial charge in [0.15, 0.2) is 0 Å². The summed E-state index contributed by atoms with van der Waals surface area (Å²) < 4.78 is 31.7. The fraction of sp³-hybridized carbons (Fsp3) is 0.444. The van der Waals surface area contributed by atoms with Gasteiger partial charge in [-0.15, -0.1) is 11.6 Å². The van der Waals surface area contributed by atoms with E-state index in [1.54, 1.807) is 30.3 Å². The van der Waals surface area contributed by atoms with E-state index in [4.69, 9.17) is 23.2 Å². The molecule has 0 bridgehead atoms. The van der Waals surface area contributed by atoms with Crippen LogP contribution in [0, 0.1) is 0 Å². The van der Waals surface area contributed by atoms with Crippen LogP contribution in [0.25, 0.3) is 0 Å². The molecule has 2 aromatic rings. The summed E-state index contributed by atoms with van der Waals surface area (Å²) in [6, 6.07) is 7.33. The van der Waals surface area contributed by atoms with Crippen molar-refractivity contribution in [1.82, 2.24) is 19.7 Å². The van der Waals surface area contributed by atoms with E-state index < -0.39 is 46.0 Å². The number of aryl methyl sites for hydroxylation is 1. The highest BCUT2D eigenvalue weighted by molar-refractivity contribution is 7.97. The standard InChI is InChI=1S/C27H33Cl2N5O7S2/c1-15(25(35)34-10-2-3-21(34)27(38)39)31-19(26(36)37)9-8-16-4-6-17(7-5-16)14-30-43(40,41)23-12-22-20(11-18(23)29)32-24(13-28)33-42-22/h4-7,11-12,15,19,21,24,30-33H,2-3,8-10,13-14H2,1H3,(H,36,37)(H,38,39)/t15-,19-,21?,24-/m0/s1. The summed E-state index contributed by atoms with van der Waals surface area (Å²) in [6.07, 6.45) is 1.35. The van der Waals surface area contributed by atoms with Gasteiger partial charge in [-0.05, 0) is 67.8 Å². The number of aliphatic carboxylic acids is 2. The molecule has 0 aliphatic carbocycles. The smallest absolute Gasteiger partial charge is 0.326 e. The lowest BCUT2D eigenvalue weighted by molar-refractivity contribution is -0.149. The predicted molar refractivity (Wildman–Crippen MR) is 164 cm³/mol. The minimum Gasteiger partial charge on any atom is -0.480 e. The van der Waals surface area contributed by atoms with Crippen LogP contribution in [0.15, 0.2) is 46.2 Å². The first-order valence-electron chi connectivity index (χ1n) is 13.6. The van der Waals surface area contributed by atoms with Crippen molar-refractivity contribution in [3.05, 3.63) is 52.5 Å². The first kappa shape index (κ1) is 33.3. The van der Waals surface area contributed by atoms with Gasteiger partial charge in [-0.1, -0.05) is 35.9 Å². The molecule has 1 unspecified atom stereocenters. The number of carboxylic acids is 2. The van der Waals surface area contributed by atoms with Crippen molar-refractivity contribution in [3.8, 4) is 0 Å². The lowest BCUT2D eigenvalue weighted by Gasteiger charge is -2.27. The summed E-state index contributed by atoms with van der Waals surface area (Å²) in [4.78, 5) is 38.0. The van der Waals surface area contributed by atoms with Gasteiger partial charge in [0.2, 0.25) is 15.9 Å². The molecule has 2 aromatic carbocycles. The zero-order valence-electron chi connectivity index (χ0n) is 23.2. The highest BCUT2D eigenvalue weighted by atomic mass is 35.5. The van der Waals surface area contributed by atoms with Gasteiger partial charge < -0.3 is 20.4 Å². The van der Waals surface area contributed by atoms with Crippen LogP contribution in [0.2, 0.25) is 5.02 Å². The number of benzene rings is 2. The Morgan fingerprint density at radius 3 is 2.51 bits per heavy atom. The van der Waals surface area contributed by atoms with Crippen molar-refractivity contribution in [1.29, 1.82) is 0 Å². The van der Waals surface area contributed by atoms with Crippen LogP contribution >= 0.6 is 35.1 Å². The average molecular weight is 675 g/mol. The van der Waals surface area contributed by atoms with Crippen LogP contribution in [-0.2, 0) is 37.4 Å². The average Bonchev–Trinajstić information content (AvgIpc) is 3.48. The minimum absolute atomic E-state index is 0.0146. The molecule has 4 rings (SSSR count). The lowest BCUT2D eigenvalue weighted by Crippen LogP contribution is -2.53. The van der Waals surface area contributed by atoms with E-state index in [0.29, 0.717) is 47.8 Å². The van der Waals surface area contributed by atoms with Gasteiger partial charge in [-0.3, -0.25) is 14.9 Å². The Morgan fingerprint density at radius 1 is 1.16 bits per heavy atom. The summed E-state index contributed by atoms with van der Waals surface area (Å²) >= 11 is 13.4. The van der Waals surface area contributed by atoms with Gasteiger partial charge >= 0.3 is 11.9 Å². The Labute approximate surface area is 264 Å². The number of rotatable bonds is 13. The maximum atomic E-state index is 13.0. The summed E-state index contributed by atoms with van der Waals surface area (Å²) in [5.74, 6) is -2.31. The lowest BCUT2D eigenvalue weighted by atomic mass is 10.0. The van der Waals surface area contributed by atoms with E-state index >= 15 is 0 Å². The third-order valence-corrected chi connectivity index (χ3v) is 10.4. The van der Waals surface area contributed by atoms with Gasteiger partial charge in [0.1, 0.15) is 23.1 Å². The fourth-order valence-electron chi connectivity index (χ4n) is 4.94. The first-order valence-corrected chi connectivity index (χ1v) is 16.8. The van der Waals surface area contributed by atoms with Crippen LogP contribution in [0.5, 0.6) is 0 Å². The number of carbonyl (C=O) groups is 3. The van der Waals surface area contributed by atoms with Gasteiger partial charge in [-0.25, -0.2) is 22.7 Å². The number of sulfonamides is 1. The van der Waals surface area contributed by atoms with Crippen molar-refractivity contribution < 1.29 is 33.0 Å². The molecule has 6 N–H and O–H groups in total. The zero-order valence-corrected chi connectivity index (χ0v) is 26.3. The summed E-state index contributed by atoms with van der Waals surface area (Å²) in [5, 5.41) is 25.1. The maximum absolute atomic E-state index is 13.0. The Morgan fingerprint density at radius 2 is 1.86 bits per heavy atom. The number of nitrogens with one attached hydrogen (secondary N) is 4. The van der Waals surface area contributed by atoms with E-state index in [2.05, 4.69) is 20.1 Å². The molecule has 12 nitrogen and oxygen atoms in total. The zero-order chi connectivity index (χ0) is 31.3. The SMILES string of the molecule is C[C@H](N[C@@H](CCc1ccc(CNS(=O)(=O)c2cc3c(cc2Cl)N[C@H](CCl)NS3)cc1)C(=O)O)C(=O)N1CCCC1C(=O)O. The number of carbonyl (C=O) groups excluding carboxylic acids is 1. The van der Waals surface area contributed by atoms with E-state index in [9.17, 15) is 33.0 Å². The Bertz CT molecular complexity index is 1460.